The Hall–Kier alpha value is -1.42. The minimum Gasteiger partial charge on any atom is -0.481 e. The number of carboxylic acids is 1. The van der Waals surface area contributed by atoms with Gasteiger partial charge < -0.3 is 10.4 Å². The van der Waals surface area contributed by atoms with Crippen LogP contribution in [-0.2, 0) is 4.79 Å². The SMILES string of the molecule is O=C(O)CCNC(c1ccc(F)cc1)C1CC1. The van der Waals surface area contributed by atoms with Gasteiger partial charge in [-0.25, -0.2) is 4.39 Å². The van der Waals surface area contributed by atoms with Crippen LogP contribution in [0.2, 0.25) is 0 Å². The summed E-state index contributed by atoms with van der Waals surface area (Å²) in [4.78, 5) is 10.5. The normalized spacial score (nSPS) is 16.8. The van der Waals surface area contributed by atoms with E-state index in [4.69, 9.17) is 5.11 Å². The van der Waals surface area contributed by atoms with Crippen molar-refractivity contribution < 1.29 is 14.3 Å². The van der Waals surface area contributed by atoms with Gasteiger partial charge in [-0.1, -0.05) is 12.1 Å². The lowest BCUT2D eigenvalue weighted by Gasteiger charge is -2.18. The van der Waals surface area contributed by atoms with Crippen LogP contribution < -0.4 is 5.32 Å². The third kappa shape index (κ3) is 3.53. The Labute approximate surface area is 99.7 Å². The molecule has 17 heavy (non-hydrogen) atoms. The van der Waals surface area contributed by atoms with Crippen molar-refractivity contribution in [1.82, 2.24) is 5.32 Å². The van der Waals surface area contributed by atoms with E-state index in [1.165, 1.54) is 12.1 Å². The quantitative estimate of drug-likeness (QED) is 0.798. The van der Waals surface area contributed by atoms with Crippen molar-refractivity contribution in [3.8, 4) is 0 Å². The van der Waals surface area contributed by atoms with Gasteiger partial charge in [-0.05, 0) is 36.5 Å². The highest BCUT2D eigenvalue weighted by Gasteiger charge is 2.31. The molecule has 0 aromatic heterocycles. The van der Waals surface area contributed by atoms with Gasteiger partial charge >= 0.3 is 5.97 Å². The van der Waals surface area contributed by atoms with Crippen LogP contribution in [0.3, 0.4) is 0 Å². The van der Waals surface area contributed by atoms with Crippen molar-refractivity contribution in [1.29, 1.82) is 0 Å². The number of carboxylic acid groups (broad SMARTS) is 1. The summed E-state index contributed by atoms with van der Waals surface area (Å²) in [6.07, 6.45) is 2.43. The lowest BCUT2D eigenvalue weighted by Crippen LogP contribution is -2.25. The molecule has 3 nitrogen and oxygen atoms in total. The fourth-order valence-corrected chi connectivity index (χ4v) is 1.99. The maximum Gasteiger partial charge on any atom is 0.304 e. The molecule has 0 bridgehead atoms. The topological polar surface area (TPSA) is 49.3 Å². The van der Waals surface area contributed by atoms with Gasteiger partial charge in [-0.15, -0.1) is 0 Å². The van der Waals surface area contributed by atoms with Gasteiger partial charge in [0.25, 0.3) is 0 Å². The van der Waals surface area contributed by atoms with Crippen LogP contribution in [0.1, 0.15) is 30.9 Å². The number of nitrogens with one attached hydrogen (secondary N) is 1. The van der Waals surface area contributed by atoms with E-state index < -0.39 is 5.97 Å². The van der Waals surface area contributed by atoms with E-state index in [1.807, 2.05) is 0 Å². The second-order valence-electron chi connectivity index (χ2n) is 4.46. The summed E-state index contributed by atoms with van der Waals surface area (Å²) in [5.41, 5.74) is 1.04. The molecule has 0 saturated heterocycles. The summed E-state index contributed by atoms with van der Waals surface area (Å²) in [7, 11) is 0. The molecule has 2 rings (SSSR count). The van der Waals surface area contributed by atoms with E-state index >= 15 is 0 Å². The van der Waals surface area contributed by atoms with Crippen molar-refractivity contribution in [3.63, 3.8) is 0 Å². The van der Waals surface area contributed by atoms with Gasteiger partial charge in [0.2, 0.25) is 0 Å². The average molecular weight is 237 g/mol. The lowest BCUT2D eigenvalue weighted by molar-refractivity contribution is -0.136. The second kappa shape index (κ2) is 5.27. The van der Waals surface area contributed by atoms with E-state index in [1.54, 1.807) is 12.1 Å². The largest absolute Gasteiger partial charge is 0.481 e. The summed E-state index contributed by atoms with van der Waals surface area (Å²) in [6, 6.07) is 6.60. The number of rotatable bonds is 6. The minimum absolute atomic E-state index is 0.115. The molecule has 1 atom stereocenters. The molecule has 4 heteroatoms. The molecule has 1 aliphatic carbocycles. The average Bonchev–Trinajstić information content (AvgIpc) is 3.10. The summed E-state index contributed by atoms with van der Waals surface area (Å²) in [6.45, 7) is 0.452. The van der Waals surface area contributed by atoms with Crippen LogP contribution in [0.25, 0.3) is 0 Å². The van der Waals surface area contributed by atoms with Crippen LogP contribution in [0.15, 0.2) is 24.3 Å². The highest BCUT2D eigenvalue weighted by molar-refractivity contribution is 5.66. The van der Waals surface area contributed by atoms with Crippen LogP contribution in [0.4, 0.5) is 4.39 Å². The van der Waals surface area contributed by atoms with Crippen molar-refractivity contribution in [2.75, 3.05) is 6.54 Å². The number of hydrogen-bond acceptors (Lipinski definition) is 2. The maximum absolute atomic E-state index is 12.8. The molecule has 1 aliphatic rings. The summed E-state index contributed by atoms with van der Waals surface area (Å²) >= 11 is 0. The van der Waals surface area contributed by atoms with E-state index in [0.717, 1.165) is 18.4 Å². The van der Waals surface area contributed by atoms with Crippen LogP contribution in [0, 0.1) is 11.7 Å². The number of hydrogen-bond donors (Lipinski definition) is 2. The summed E-state index contributed by atoms with van der Waals surface area (Å²) < 4.78 is 12.8. The Kier molecular flexibility index (Phi) is 3.74. The molecule has 1 aromatic rings. The van der Waals surface area contributed by atoms with Gasteiger partial charge in [-0.3, -0.25) is 4.79 Å². The third-order valence-corrected chi connectivity index (χ3v) is 3.03. The summed E-state index contributed by atoms with van der Waals surface area (Å²) in [5, 5.41) is 11.8. The molecule has 0 aliphatic heterocycles. The molecule has 1 fully saturated rings. The van der Waals surface area contributed by atoms with Crippen LogP contribution in [0.5, 0.6) is 0 Å². The first kappa shape index (κ1) is 12.0. The molecule has 1 aromatic carbocycles. The molecule has 0 radical (unpaired) electrons. The first-order chi connectivity index (χ1) is 8.16. The van der Waals surface area contributed by atoms with Gasteiger partial charge in [0.15, 0.2) is 0 Å². The third-order valence-electron chi connectivity index (χ3n) is 3.03. The van der Waals surface area contributed by atoms with Crippen molar-refractivity contribution in [2.24, 2.45) is 5.92 Å². The number of halogens is 1. The maximum atomic E-state index is 12.8. The fraction of sp³-hybridized carbons (Fsp3) is 0.462. The Bertz CT molecular complexity index is 387. The van der Waals surface area contributed by atoms with Crippen LogP contribution >= 0.6 is 0 Å². The molecule has 1 unspecified atom stereocenters. The van der Waals surface area contributed by atoms with Gasteiger partial charge in [0.1, 0.15) is 5.82 Å². The standard InChI is InChI=1S/C13H16FNO2/c14-11-5-3-10(4-6-11)13(9-1-2-9)15-8-7-12(16)17/h3-6,9,13,15H,1-2,7-8H2,(H,16,17). The zero-order chi connectivity index (χ0) is 12.3. The lowest BCUT2D eigenvalue weighted by atomic mass is 10.0. The Morgan fingerprint density at radius 1 is 1.41 bits per heavy atom. The Morgan fingerprint density at radius 3 is 2.59 bits per heavy atom. The van der Waals surface area contributed by atoms with E-state index in [0.29, 0.717) is 12.5 Å². The number of carbonyl (C=O) groups is 1. The molecule has 0 amide bonds. The number of aliphatic carboxylic acids is 1. The Morgan fingerprint density at radius 2 is 2.06 bits per heavy atom. The van der Waals surface area contributed by atoms with Gasteiger partial charge in [-0.2, -0.15) is 0 Å². The van der Waals surface area contributed by atoms with Gasteiger partial charge in [0, 0.05) is 12.6 Å². The predicted octanol–water partition coefficient (Wildman–Crippen LogP) is 2.34. The Balaban J connectivity index is 1.97. The molecule has 92 valence electrons. The molecule has 0 spiro atoms. The smallest absolute Gasteiger partial charge is 0.304 e. The zero-order valence-electron chi connectivity index (χ0n) is 9.53. The second-order valence-corrected chi connectivity index (χ2v) is 4.46. The first-order valence-electron chi connectivity index (χ1n) is 5.87. The molecular weight excluding hydrogens is 221 g/mol. The van der Waals surface area contributed by atoms with Crippen molar-refractivity contribution >= 4 is 5.97 Å². The predicted molar refractivity (Wildman–Crippen MR) is 62.1 cm³/mol. The first-order valence-corrected chi connectivity index (χ1v) is 5.87. The van der Waals surface area contributed by atoms with Gasteiger partial charge in [0.05, 0.1) is 6.42 Å². The van der Waals surface area contributed by atoms with E-state index in [2.05, 4.69) is 5.32 Å². The van der Waals surface area contributed by atoms with Crippen LogP contribution in [-0.4, -0.2) is 17.6 Å². The monoisotopic (exact) mass is 237 g/mol. The molecule has 0 heterocycles. The molecule has 2 N–H and O–H groups in total. The molecule has 1 saturated carbocycles. The van der Waals surface area contributed by atoms with Crippen molar-refractivity contribution in [3.05, 3.63) is 35.6 Å². The molecular formula is C13H16FNO2. The van der Waals surface area contributed by atoms with E-state index in [-0.39, 0.29) is 18.3 Å². The van der Waals surface area contributed by atoms with Crippen molar-refractivity contribution in [2.45, 2.75) is 25.3 Å². The zero-order valence-corrected chi connectivity index (χ0v) is 9.53. The summed E-state index contributed by atoms with van der Waals surface area (Å²) in [5.74, 6) is -0.478. The van der Waals surface area contributed by atoms with E-state index in [9.17, 15) is 9.18 Å². The highest BCUT2D eigenvalue weighted by Crippen LogP contribution is 2.40. The minimum atomic E-state index is -0.800. The fourth-order valence-electron chi connectivity index (χ4n) is 1.99. The highest BCUT2D eigenvalue weighted by atomic mass is 19.1. The number of benzene rings is 1.